The summed E-state index contributed by atoms with van der Waals surface area (Å²) in [5, 5.41) is 10.9. The Bertz CT molecular complexity index is 806. The maximum absolute atomic E-state index is 12.1. The monoisotopic (exact) mass is 420 g/mol. The van der Waals surface area contributed by atoms with E-state index in [0.29, 0.717) is 18.4 Å². The van der Waals surface area contributed by atoms with Gasteiger partial charge in [0.1, 0.15) is 19.3 Å². The number of rotatable bonds is 5. The van der Waals surface area contributed by atoms with Gasteiger partial charge in [-0.15, -0.1) is 0 Å². The van der Waals surface area contributed by atoms with Gasteiger partial charge in [-0.3, -0.25) is 4.79 Å². The van der Waals surface area contributed by atoms with Crippen LogP contribution in [0, 0.1) is 5.92 Å². The lowest BCUT2D eigenvalue weighted by atomic mass is 9.82. The zero-order chi connectivity index (χ0) is 22.1. The number of hydrogen-bond acceptors (Lipinski definition) is 8. The third-order valence-corrected chi connectivity index (χ3v) is 5.70. The molecule has 0 radical (unpaired) electrons. The molecule has 0 aromatic carbocycles. The number of carbonyl (C=O) groups is 3. The molecular formula is C22H28O8. The van der Waals surface area contributed by atoms with Gasteiger partial charge in [-0.1, -0.05) is 18.2 Å². The molecule has 3 rings (SSSR count). The first kappa shape index (κ1) is 22.2. The Labute approximate surface area is 175 Å². The van der Waals surface area contributed by atoms with Gasteiger partial charge in [0, 0.05) is 30.9 Å². The number of carbonyl (C=O) groups excluding carboxylic acids is 3. The van der Waals surface area contributed by atoms with E-state index in [1.54, 1.807) is 13.8 Å². The largest absolute Gasteiger partial charge is 0.461 e. The van der Waals surface area contributed by atoms with Crippen molar-refractivity contribution in [3.8, 4) is 0 Å². The molecule has 5 atom stereocenters. The summed E-state index contributed by atoms with van der Waals surface area (Å²) >= 11 is 0. The lowest BCUT2D eigenvalue weighted by Gasteiger charge is -2.26. The molecule has 8 nitrogen and oxygen atoms in total. The van der Waals surface area contributed by atoms with Gasteiger partial charge >= 0.3 is 17.9 Å². The minimum absolute atomic E-state index is 0.0837. The summed E-state index contributed by atoms with van der Waals surface area (Å²) in [5.41, 5.74) is 0.837. The van der Waals surface area contributed by atoms with Crippen molar-refractivity contribution in [2.75, 3.05) is 13.2 Å². The maximum Gasteiger partial charge on any atom is 0.334 e. The minimum Gasteiger partial charge on any atom is -0.461 e. The summed E-state index contributed by atoms with van der Waals surface area (Å²) in [6.45, 7) is 8.70. The minimum atomic E-state index is -1.05. The van der Waals surface area contributed by atoms with E-state index in [1.807, 2.05) is 6.08 Å². The Morgan fingerprint density at radius 3 is 2.73 bits per heavy atom. The van der Waals surface area contributed by atoms with Crippen LogP contribution in [-0.2, 0) is 33.3 Å². The molecule has 3 aliphatic rings. The zero-order valence-electron chi connectivity index (χ0n) is 17.5. The highest BCUT2D eigenvalue weighted by atomic mass is 16.7. The van der Waals surface area contributed by atoms with Crippen molar-refractivity contribution in [1.29, 1.82) is 0 Å². The summed E-state index contributed by atoms with van der Waals surface area (Å²) < 4.78 is 21.7. The molecule has 30 heavy (non-hydrogen) atoms. The zero-order valence-corrected chi connectivity index (χ0v) is 17.5. The number of ether oxygens (including phenoxy) is 4. The Morgan fingerprint density at radius 1 is 1.33 bits per heavy atom. The number of aliphatic hydroxyl groups excluding tert-OH is 1. The van der Waals surface area contributed by atoms with Crippen molar-refractivity contribution in [2.24, 2.45) is 5.92 Å². The van der Waals surface area contributed by atoms with E-state index in [1.165, 1.54) is 13.0 Å². The fourth-order valence-corrected chi connectivity index (χ4v) is 3.97. The molecule has 1 aliphatic carbocycles. The van der Waals surface area contributed by atoms with Crippen LogP contribution in [0.4, 0.5) is 0 Å². The van der Waals surface area contributed by atoms with Crippen LogP contribution in [0.3, 0.4) is 0 Å². The van der Waals surface area contributed by atoms with Crippen LogP contribution < -0.4 is 0 Å². The number of fused-ring (bicyclic) bond motifs is 2. The van der Waals surface area contributed by atoms with Gasteiger partial charge in [0.2, 0.25) is 0 Å². The van der Waals surface area contributed by atoms with Crippen molar-refractivity contribution in [1.82, 2.24) is 0 Å². The molecule has 0 bridgehead atoms. The van der Waals surface area contributed by atoms with Crippen LogP contribution in [0.25, 0.3) is 0 Å². The number of hydrogen-bond donors (Lipinski definition) is 1. The Kier molecular flexibility index (Phi) is 6.47. The third kappa shape index (κ3) is 4.82. The molecule has 8 heteroatoms. The van der Waals surface area contributed by atoms with Gasteiger partial charge in [-0.05, 0) is 32.3 Å². The van der Waals surface area contributed by atoms with E-state index >= 15 is 0 Å². The van der Waals surface area contributed by atoms with E-state index in [9.17, 15) is 19.5 Å². The maximum atomic E-state index is 12.1. The van der Waals surface area contributed by atoms with Crippen molar-refractivity contribution >= 4 is 17.9 Å². The predicted molar refractivity (Wildman–Crippen MR) is 105 cm³/mol. The lowest BCUT2D eigenvalue weighted by Crippen LogP contribution is -2.40. The molecule has 0 spiro atoms. The normalized spacial score (nSPS) is 34.5. The molecule has 1 N–H and O–H groups in total. The molecule has 2 aliphatic heterocycles. The van der Waals surface area contributed by atoms with Crippen molar-refractivity contribution < 1.29 is 38.4 Å². The van der Waals surface area contributed by atoms with E-state index in [2.05, 4.69) is 6.58 Å². The second-order valence-electron chi connectivity index (χ2n) is 8.30. The average Bonchev–Trinajstić information content (AvgIpc) is 3.32. The molecule has 0 amide bonds. The van der Waals surface area contributed by atoms with Crippen LogP contribution in [0.15, 0.2) is 35.5 Å². The third-order valence-electron chi connectivity index (χ3n) is 5.70. The highest BCUT2D eigenvalue weighted by Crippen LogP contribution is 2.47. The standard InChI is InChI=1S/C22H28O8/c1-12(2)7-20(25)28-11-22-18(24)9-16-13(3)21(26)29-17(16)8-15(10-27-14(4)23)5-6-19(22)30-22/h5,7,16-19,24H,3,6,8-11H2,1-2,4H3/b15-5+/t16-,17-,18+,19-,22+/m0/s1. The summed E-state index contributed by atoms with van der Waals surface area (Å²) in [4.78, 5) is 35.3. The molecule has 0 aromatic heterocycles. The van der Waals surface area contributed by atoms with Crippen molar-refractivity contribution in [3.05, 3.63) is 35.5 Å². The topological polar surface area (TPSA) is 112 Å². The van der Waals surface area contributed by atoms with Gasteiger partial charge in [0.25, 0.3) is 0 Å². The fraction of sp³-hybridized carbons (Fsp3) is 0.591. The van der Waals surface area contributed by atoms with Crippen LogP contribution >= 0.6 is 0 Å². The van der Waals surface area contributed by atoms with Crippen LogP contribution in [0.5, 0.6) is 0 Å². The molecule has 0 aromatic rings. The van der Waals surface area contributed by atoms with Crippen LogP contribution in [0.1, 0.15) is 40.0 Å². The van der Waals surface area contributed by atoms with Gasteiger partial charge in [-0.2, -0.15) is 0 Å². The molecular weight excluding hydrogens is 392 g/mol. The second-order valence-corrected chi connectivity index (χ2v) is 8.30. The Morgan fingerprint density at radius 2 is 2.07 bits per heavy atom. The molecule has 0 unspecified atom stereocenters. The molecule has 164 valence electrons. The smallest absolute Gasteiger partial charge is 0.334 e. The predicted octanol–water partition coefficient (Wildman–Crippen LogP) is 1.77. The number of aliphatic hydroxyl groups is 1. The summed E-state index contributed by atoms with van der Waals surface area (Å²) in [6, 6.07) is 0. The summed E-state index contributed by atoms with van der Waals surface area (Å²) in [7, 11) is 0. The van der Waals surface area contributed by atoms with E-state index in [0.717, 1.165) is 11.1 Å². The number of epoxide rings is 1. The fourth-order valence-electron chi connectivity index (χ4n) is 3.97. The first-order valence-corrected chi connectivity index (χ1v) is 10.0. The van der Waals surface area contributed by atoms with Gasteiger partial charge in [0.15, 0.2) is 5.60 Å². The second kappa shape index (κ2) is 8.73. The van der Waals surface area contributed by atoms with Crippen LogP contribution in [-0.4, -0.2) is 60.1 Å². The van der Waals surface area contributed by atoms with Gasteiger partial charge in [0.05, 0.1) is 12.2 Å². The van der Waals surface area contributed by atoms with Crippen molar-refractivity contribution in [2.45, 2.75) is 63.9 Å². The summed E-state index contributed by atoms with van der Waals surface area (Å²) in [6.07, 6.45) is 2.42. The van der Waals surface area contributed by atoms with E-state index < -0.39 is 41.6 Å². The summed E-state index contributed by atoms with van der Waals surface area (Å²) in [5.74, 6) is -1.83. The van der Waals surface area contributed by atoms with Gasteiger partial charge < -0.3 is 24.1 Å². The first-order chi connectivity index (χ1) is 14.1. The highest BCUT2D eigenvalue weighted by molar-refractivity contribution is 5.90. The van der Waals surface area contributed by atoms with Crippen molar-refractivity contribution in [3.63, 3.8) is 0 Å². The lowest BCUT2D eigenvalue weighted by molar-refractivity contribution is -0.142. The van der Waals surface area contributed by atoms with Crippen LogP contribution in [0.2, 0.25) is 0 Å². The molecule has 2 fully saturated rings. The highest BCUT2D eigenvalue weighted by Gasteiger charge is 2.62. The molecule has 2 heterocycles. The quantitative estimate of drug-likeness (QED) is 0.235. The average molecular weight is 420 g/mol. The van der Waals surface area contributed by atoms with E-state index in [-0.39, 0.29) is 25.7 Å². The SMILES string of the molecule is C=C1C(=O)O[C@H]2C/C(COC(C)=O)=C\C[C@@H]3O[C@]3(COC(=O)C=C(C)C)[C@H](O)C[C@@H]12. The number of esters is 3. The number of allylic oxidation sites excluding steroid dienone is 1. The first-order valence-electron chi connectivity index (χ1n) is 10.0. The molecule has 0 saturated carbocycles. The Balaban J connectivity index is 1.81. The molecule has 2 saturated heterocycles. The van der Waals surface area contributed by atoms with Gasteiger partial charge in [-0.25, -0.2) is 9.59 Å². The Hall–Kier alpha value is -2.45. The van der Waals surface area contributed by atoms with E-state index in [4.69, 9.17) is 18.9 Å².